The Hall–Kier alpha value is -2.15. The highest BCUT2D eigenvalue weighted by molar-refractivity contribution is 5.86. The van der Waals surface area contributed by atoms with Gasteiger partial charge in [0.05, 0.1) is 12.1 Å². The van der Waals surface area contributed by atoms with Crippen LogP contribution in [0.15, 0.2) is 18.3 Å². The van der Waals surface area contributed by atoms with Gasteiger partial charge in [0.15, 0.2) is 11.3 Å². The van der Waals surface area contributed by atoms with Gasteiger partial charge in [0, 0.05) is 12.3 Å². The van der Waals surface area contributed by atoms with E-state index in [0.29, 0.717) is 11.5 Å². The third-order valence-corrected chi connectivity index (χ3v) is 3.61. The largest absolute Gasteiger partial charge is 0.476 e. The summed E-state index contributed by atoms with van der Waals surface area (Å²) in [5.74, 6) is -0.451. The number of anilines is 1. The zero-order chi connectivity index (χ0) is 14.1. The molecular formula is C13H16N4O3. The lowest BCUT2D eigenvalue weighted by atomic mass is 9.93. The van der Waals surface area contributed by atoms with E-state index in [9.17, 15) is 9.90 Å². The molecule has 0 aliphatic heterocycles. The second kappa shape index (κ2) is 5.09. The Balaban J connectivity index is 1.83. The highest BCUT2D eigenvalue weighted by Gasteiger charge is 2.23. The van der Waals surface area contributed by atoms with Gasteiger partial charge in [-0.2, -0.15) is 5.10 Å². The summed E-state index contributed by atoms with van der Waals surface area (Å²) in [6, 6.07) is 3.15. The molecule has 0 bridgehead atoms. The van der Waals surface area contributed by atoms with Crippen molar-refractivity contribution < 1.29 is 15.0 Å². The van der Waals surface area contributed by atoms with Gasteiger partial charge in [0.25, 0.3) is 0 Å². The first-order chi connectivity index (χ1) is 9.63. The van der Waals surface area contributed by atoms with Gasteiger partial charge in [0.1, 0.15) is 5.82 Å². The molecule has 1 fully saturated rings. The van der Waals surface area contributed by atoms with Crippen molar-refractivity contribution in [2.45, 2.75) is 37.8 Å². The molecule has 7 nitrogen and oxygen atoms in total. The highest BCUT2D eigenvalue weighted by atomic mass is 16.4. The molecule has 7 heteroatoms. The lowest BCUT2D eigenvalue weighted by Gasteiger charge is -2.28. The minimum Gasteiger partial charge on any atom is -0.476 e. The zero-order valence-electron chi connectivity index (χ0n) is 10.9. The van der Waals surface area contributed by atoms with E-state index in [0.717, 1.165) is 25.7 Å². The quantitative estimate of drug-likeness (QED) is 0.777. The van der Waals surface area contributed by atoms with Crippen molar-refractivity contribution in [3.05, 3.63) is 24.0 Å². The molecule has 106 valence electrons. The summed E-state index contributed by atoms with van der Waals surface area (Å²) in [6.07, 6.45) is 5.15. The average molecular weight is 276 g/mol. The molecule has 0 unspecified atom stereocenters. The van der Waals surface area contributed by atoms with Crippen LogP contribution in [0.4, 0.5) is 5.82 Å². The molecule has 1 saturated carbocycles. The second-order valence-electron chi connectivity index (χ2n) is 5.05. The summed E-state index contributed by atoms with van der Waals surface area (Å²) in [6.45, 7) is 0. The van der Waals surface area contributed by atoms with E-state index >= 15 is 0 Å². The fraction of sp³-hybridized carbons (Fsp3) is 0.462. The molecule has 3 rings (SSSR count). The van der Waals surface area contributed by atoms with Gasteiger partial charge >= 0.3 is 5.97 Å². The van der Waals surface area contributed by atoms with Crippen LogP contribution in [0.25, 0.3) is 5.65 Å². The third-order valence-electron chi connectivity index (χ3n) is 3.61. The molecule has 0 aromatic carbocycles. The van der Waals surface area contributed by atoms with Crippen molar-refractivity contribution >= 4 is 17.4 Å². The molecule has 20 heavy (non-hydrogen) atoms. The van der Waals surface area contributed by atoms with E-state index in [2.05, 4.69) is 15.4 Å². The minimum atomic E-state index is -1.08. The molecular weight excluding hydrogens is 260 g/mol. The number of rotatable bonds is 3. The Labute approximate surface area is 115 Å². The maximum Gasteiger partial charge on any atom is 0.356 e. The summed E-state index contributed by atoms with van der Waals surface area (Å²) in [5, 5.41) is 25.9. The first kappa shape index (κ1) is 12.9. The number of hydrogen-bond donors (Lipinski definition) is 3. The molecule has 2 atom stereocenters. The predicted molar refractivity (Wildman–Crippen MR) is 71.8 cm³/mol. The Bertz CT molecular complexity index is 640. The fourth-order valence-electron chi connectivity index (χ4n) is 2.53. The van der Waals surface area contributed by atoms with E-state index in [4.69, 9.17) is 5.11 Å². The second-order valence-corrected chi connectivity index (χ2v) is 5.05. The van der Waals surface area contributed by atoms with Crippen LogP contribution in [-0.4, -0.2) is 42.9 Å². The summed E-state index contributed by atoms with van der Waals surface area (Å²) >= 11 is 0. The number of aromatic nitrogens is 3. The van der Waals surface area contributed by atoms with Gasteiger partial charge in [-0.3, -0.25) is 0 Å². The van der Waals surface area contributed by atoms with Crippen molar-refractivity contribution in [1.29, 1.82) is 0 Å². The number of hydrogen-bond acceptors (Lipinski definition) is 5. The van der Waals surface area contributed by atoms with Crippen LogP contribution in [0.2, 0.25) is 0 Å². The molecule has 1 aliphatic rings. The number of carboxylic acids is 1. The van der Waals surface area contributed by atoms with E-state index in [1.807, 2.05) is 0 Å². The number of nitrogens with one attached hydrogen (secondary N) is 1. The van der Waals surface area contributed by atoms with Gasteiger partial charge in [0.2, 0.25) is 0 Å². The van der Waals surface area contributed by atoms with Crippen LogP contribution >= 0.6 is 0 Å². The maximum absolute atomic E-state index is 10.9. The normalized spacial score (nSPS) is 22.9. The van der Waals surface area contributed by atoms with E-state index in [-0.39, 0.29) is 17.8 Å². The van der Waals surface area contributed by atoms with Crippen LogP contribution in [0.1, 0.15) is 36.2 Å². The van der Waals surface area contributed by atoms with E-state index in [1.165, 1.54) is 10.6 Å². The van der Waals surface area contributed by atoms with Gasteiger partial charge < -0.3 is 15.5 Å². The highest BCUT2D eigenvalue weighted by Crippen LogP contribution is 2.21. The fourth-order valence-corrected chi connectivity index (χ4v) is 2.53. The molecule has 2 aromatic heterocycles. The number of carboxylic acid groups (broad SMARTS) is 1. The van der Waals surface area contributed by atoms with Crippen molar-refractivity contribution in [3.63, 3.8) is 0 Å². The van der Waals surface area contributed by atoms with Crippen LogP contribution in [0.3, 0.4) is 0 Å². The lowest BCUT2D eigenvalue weighted by molar-refractivity contribution is 0.0690. The summed E-state index contributed by atoms with van der Waals surface area (Å²) in [4.78, 5) is 15.2. The first-order valence-corrected chi connectivity index (χ1v) is 6.68. The van der Waals surface area contributed by atoms with Crippen LogP contribution in [0.5, 0.6) is 0 Å². The molecule has 3 N–H and O–H groups in total. The van der Waals surface area contributed by atoms with Gasteiger partial charge in [-0.15, -0.1) is 0 Å². The topological polar surface area (TPSA) is 99.8 Å². The van der Waals surface area contributed by atoms with Gasteiger partial charge in [-0.1, -0.05) is 12.8 Å². The smallest absolute Gasteiger partial charge is 0.356 e. The van der Waals surface area contributed by atoms with Crippen molar-refractivity contribution in [3.8, 4) is 0 Å². The van der Waals surface area contributed by atoms with E-state index < -0.39 is 5.97 Å². The number of carbonyl (C=O) groups is 1. The van der Waals surface area contributed by atoms with E-state index in [1.54, 1.807) is 12.3 Å². The molecule has 1 aliphatic carbocycles. The summed E-state index contributed by atoms with van der Waals surface area (Å²) in [5.41, 5.74) is 0.435. The van der Waals surface area contributed by atoms with Crippen LogP contribution < -0.4 is 5.32 Å². The number of nitrogens with zero attached hydrogens (tertiary/aromatic N) is 3. The molecule has 0 radical (unpaired) electrons. The van der Waals surface area contributed by atoms with Crippen LogP contribution in [0, 0.1) is 0 Å². The predicted octanol–water partition coefficient (Wildman–Crippen LogP) is 1.14. The van der Waals surface area contributed by atoms with Crippen molar-refractivity contribution in [1.82, 2.24) is 14.6 Å². The summed E-state index contributed by atoms with van der Waals surface area (Å²) < 4.78 is 1.42. The average Bonchev–Trinajstić information content (AvgIpc) is 2.85. The number of aliphatic hydroxyl groups is 1. The molecule has 2 heterocycles. The third kappa shape index (κ3) is 2.44. The molecule has 2 aromatic rings. The Morgan fingerprint density at radius 2 is 2.20 bits per heavy atom. The SMILES string of the molecule is O=C(O)c1cc2nc(N[C@H]3CCCC[C@H]3O)ccn2n1. The van der Waals surface area contributed by atoms with Crippen molar-refractivity contribution in [2.24, 2.45) is 0 Å². The molecule has 0 amide bonds. The zero-order valence-corrected chi connectivity index (χ0v) is 10.9. The number of fused-ring (bicyclic) bond motifs is 1. The molecule has 0 spiro atoms. The Morgan fingerprint density at radius 3 is 2.95 bits per heavy atom. The minimum absolute atomic E-state index is 0.000524. The first-order valence-electron chi connectivity index (χ1n) is 6.68. The molecule has 0 saturated heterocycles. The standard InChI is InChI=1S/C13H16N4O3/c18-10-4-2-1-3-8(10)14-11-5-6-17-12(15-11)7-9(16-17)13(19)20/h5-8,10,18H,1-4H2,(H,14,15)(H,19,20)/t8-,10+/m0/s1. The van der Waals surface area contributed by atoms with Crippen LogP contribution in [-0.2, 0) is 0 Å². The number of aromatic carboxylic acids is 1. The van der Waals surface area contributed by atoms with Crippen molar-refractivity contribution in [2.75, 3.05) is 5.32 Å². The maximum atomic E-state index is 10.9. The Kier molecular flexibility index (Phi) is 3.27. The summed E-state index contributed by atoms with van der Waals surface area (Å²) in [7, 11) is 0. The monoisotopic (exact) mass is 276 g/mol. The Morgan fingerprint density at radius 1 is 1.40 bits per heavy atom. The van der Waals surface area contributed by atoms with Gasteiger partial charge in [-0.25, -0.2) is 14.3 Å². The number of aliphatic hydroxyl groups excluding tert-OH is 1. The van der Waals surface area contributed by atoms with Gasteiger partial charge in [-0.05, 0) is 18.9 Å². The lowest BCUT2D eigenvalue weighted by Crippen LogP contribution is -2.36.